The van der Waals surface area contributed by atoms with Gasteiger partial charge in [-0.1, -0.05) is 6.58 Å². The number of likely N-dealkylation sites (N-methyl/N-ethyl adjacent to an activating group) is 1. The van der Waals surface area contributed by atoms with Crippen molar-refractivity contribution in [2.45, 2.75) is 6.42 Å². The summed E-state index contributed by atoms with van der Waals surface area (Å²) in [5.74, 6) is 0. The van der Waals surface area contributed by atoms with E-state index in [1.807, 2.05) is 5.01 Å². The van der Waals surface area contributed by atoms with Crippen LogP contribution in [-0.4, -0.2) is 43.3 Å². The van der Waals surface area contributed by atoms with Crippen molar-refractivity contribution in [1.82, 2.24) is 9.91 Å². The smallest absolute Gasteiger partial charge is 0.0436 e. The van der Waals surface area contributed by atoms with Crippen molar-refractivity contribution in [3.8, 4) is 0 Å². The average molecular weight is 153 g/mol. The number of hydrazone groups is 1. The van der Waals surface area contributed by atoms with Crippen LogP contribution >= 0.6 is 0 Å². The van der Waals surface area contributed by atoms with Crippen molar-refractivity contribution in [2.75, 3.05) is 26.7 Å². The number of nitrogens with zero attached hydrogens (tertiary/aromatic N) is 3. The van der Waals surface area contributed by atoms with E-state index in [1.54, 1.807) is 0 Å². The molecule has 0 radical (unpaired) electrons. The number of hydrogen-bond acceptors (Lipinski definition) is 3. The molecule has 0 N–H and O–H groups in total. The number of rotatable bonds is 1. The Morgan fingerprint density at radius 2 is 2.18 bits per heavy atom. The lowest BCUT2D eigenvalue weighted by Crippen LogP contribution is -2.22. The van der Waals surface area contributed by atoms with Gasteiger partial charge in [-0.3, -0.25) is 5.01 Å². The standard InChI is InChI=1S/C8H15N3/c1-8-7-10(3)5-4-6-11(8)9-2/h1-2,4-7H2,3H3. The first kappa shape index (κ1) is 8.27. The molecule has 0 aromatic heterocycles. The lowest BCUT2D eigenvalue weighted by Gasteiger charge is -2.18. The highest BCUT2D eigenvalue weighted by Crippen LogP contribution is 2.09. The lowest BCUT2D eigenvalue weighted by molar-refractivity contribution is 0.360. The van der Waals surface area contributed by atoms with Crippen molar-refractivity contribution in [2.24, 2.45) is 5.10 Å². The SMILES string of the molecule is C=NN1CCCN(C)CC1=C. The highest BCUT2D eigenvalue weighted by atomic mass is 15.5. The molecule has 0 bridgehead atoms. The first-order valence-corrected chi connectivity index (χ1v) is 3.84. The van der Waals surface area contributed by atoms with Gasteiger partial charge in [0.25, 0.3) is 0 Å². The second-order valence-corrected chi connectivity index (χ2v) is 2.92. The third-order valence-corrected chi connectivity index (χ3v) is 1.90. The molecule has 0 aliphatic carbocycles. The Hall–Kier alpha value is -0.830. The molecule has 0 saturated carbocycles. The Bertz CT molecular complexity index is 165. The van der Waals surface area contributed by atoms with Crippen LogP contribution in [0.3, 0.4) is 0 Å². The van der Waals surface area contributed by atoms with E-state index in [0.717, 1.165) is 31.8 Å². The lowest BCUT2D eigenvalue weighted by atomic mass is 10.4. The predicted molar refractivity (Wildman–Crippen MR) is 47.5 cm³/mol. The monoisotopic (exact) mass is 153 g/mol. The maximum atomic E-state index is 3.93. The largest absolute Gasteiger partial charge is 0.301 e. The summed E-state index contributed by atoms with van der Waals surface area (Å²) in [6, 6.07) is 0. The predicted octanol–water partition coefficient (Wildman–Crippen LogP) is 0.753. The maximum Gasteiger partial charge on any atom is 0.0436 e. The van der Waals surface area contributed by atoms with Gasteiger partial charge in [0.05, 0.1) is 0 Å². The molecule has 0 spiro atoms. The molecule has 0 aromatic carbocycles. The van der Waals surface area contributed by atoms with E-state index < -0.39 is 0 Å². The van der Waals surface area contributed by atoms with E-state index in [1.165, 1.54) is 0 Å². The van der Waals surface area contributed by atoms with Gasteiger partial charge in [-0.2, -0.15) is 5.10 Å². The first-order valence-electron chi connectivity index (χ1n) is 3.84. The molecule has 1 aliphatic heterocycles. The molecule has 0 atom stereocenters. The van der Waals surface area contributed by atoms with Crippen molar-refractivity contribution < 1.29 is 0 Å². The molecule has 1 saturated heterocycles. The highest BCUT2D eigenvalue weighted by Gasteiger charge is 2.12. The molecule has 3 heteroatoms. The van der Waals surface area contributed by atoms with Crippen LogP contribution in [0.5, 0.6) is 0 Å². The van der Waals surface area contributed by atoms with Crippen LogP contribution in [0, 0.1) is 0 Å². The maximum absolute atomic E-state index is 3.93. The van der Waals surface area contributed by atoms with Crippen LogP contribution in [-0.2, 0) is 0 Å². The summed E-state index contributed by atoms with van der Waals surface area (Å²) in [5.41, 5.74) is 1.04. The van der Waals surface area contributed by atoms with E-state index in [4.69, 9.17) is 0 Å². The Kier molecular flexibility index (Phi) is 2.65. The molecule has 11 heavy (non-hydrogen) atoms. The topological polar surface area (TPSA) is 18.8 Å². The molecule has 0 amide bonds. The Labute approximate surface area is 68.0 Å². The van der Waals surface area contributed by atoms with Crippen LogP contribution in [0.1, 0.15) is 6.42 Å². The van der Waals surface area contributed by atoms with Gasteiger partial charge in [-0.15, -0.1) is 0 Å². The fourth-order valence-electron chi connectivity index (χ4n) is 1.29. The minimum absolute atomic E-state index is 0.902. The summed E-state index contributed by atoms with van der Waals surface area (Å²) in [6.45, 7) is 10.4. The number of hydrogen-bond donors (Lipinski definition) is 0. The van der Waals surface area contributed by atoms with E-state index in [0.29, 0.717) is 0 Å². The van der Waals surface area contributed by atoms with Gasteiger partial charge in [0, 0.05) is 32.0 Å². The fraction of sp³-hybridized carbons (Fsp3) is 0.625. The zero-order chi connectivity index (χ0) is 8.27. The minimum atomic E-state index is 0.902. The molecule has 1 aliphatic rings. The summed E-state index contributed by atoms with van der Waals surface area (Å²) >= 11 is 0. The van der Waals surface area contributed by atoms with Crippen molar-refractivity contribution in [3.63, 3.8) is 0 Å². The normalized spacial score (nSPS) is 21.5. The summed E-state index contributed by atoms with van der Waals surface area (Å²) in [5, 5.41) is 5.76. The molecule has 62 valence electrons. The van der Waals surface area contributed by atoms with Crippen molar-refractivity contribution in [1.29, 1.82) is 0 Å². The van der Waals surface area contributed by atoms with Crippen LogP contribution in [0.15, 0.2) is 17.4 Å². The molecule has 1 fully saturated rings. The van der Waals surface area contributed by atoms with Crippen LogP contribution in [0.25, 0.3) is 0 Å². The fourth-order valence-corrected chi connectivity index (χ4v) is 1.29. The van der Waals surface area contributed by atoms with Crippen molar-refractivity contribution in [3.05, 3.63) is 12.3 Å². The van der Waals surface area contributed by atoms with Gasteiger partial charge in [0.2, 0.25) is 0 Å². The van der Waals surface area contributed by atoms with E-state index in [9.17, 15) is 0 Å². The summed E-state index contributed by atoms with van der Waals surface area (Å²) in [7, 11) is 2.10. The quantitative estimate of drug-likeness (QED) is 0.518. The molecular weight excluding hydrogens is 138 g/mol. The van der Waals surface area contributed by atoms with Gasteiger partial charge in [-0.25, -0.2) is 0 Å². The zero-order valence-corrected chi connectivity index (χ0v) is 7.08. The zero-order valence-electron chi connectivity index (χ0n) is 7.08. The Morgan fingerprint density at radius 1 is 1.45 bits per heavy atom. The first-order chi connectivity index (χ1) is 5.24. The second-order valence-electron chi connectivity index (χ2n) is 2.92. The molecule has 1 heterocycles. The van der Waals surface area contributed by atoms with Crippen molar-refractivity contribution >= 4 is 6.72 Å². The summed E-state index contributed by atoms with van der Waals surface area (Å²) in [4.78, 5) is 2.24. The molecular formula is C8H15N3. The summed E-state index contributed by atoms with van der Waals surface area (Å²) in [6.07, 6.45) is 1.13. The Morgan fingerprint density at radius 3 is 2.82 bits per heavy atom. The second kappa shape index (κ2) is 3.53. The van der Waals surface area contributed by atoms with Gasteiger partial charge in [-0.05, 0) is 13.5 Å². The molecule has 1 rings (SSSR count). The van der Waals surface area contributed by atoms with Gasteiger partial charge in [0.1, 0.15) is 0 Å². The van der Waals surface area contributed by atoms with E-state index >= 15 is 0 Å². The molecule has 0 aromatic rings. The summed E-state index contributed by atoms with van der Waals surface area (Å²) < 4.78 is 0. The highest BCUT2D eigenvalue weighted by molar-refractivity contribution is 5.23. The third kappa shape index (κ3) is 2.05. The van der Waals surface area contributed by atoms with Crippen LogP contribution < -0.4 is 0 Å². The van der Waals surface area contributed by atoms with E-state index in [-0.39, 0.29) is 0 Å². The average Bonchev–Trinajstić information content (AvgIpc) is 2.11. The van der Waals surface area contributed by atoms with Crippen LogP contribution in [0.2, 0.25) is 0 Å². The minimum Gasteiger partial charge on any atom is -0.301 e. The molecule has 0 unspecified atom stereocenters. The molecule has 3 nitrogen and oxygen atoms in total. The van der Waals surface area contributed by atoms with Gasteiger partial charge in [0.15, 0.2) is 0 Å². The Balaban J connectivity index is 2.57. The third-order valence-electron chi connectivity index (χ3n) is 1.90. The van der Waals surface area contributed by atoms with E-state index in [2.05, 4.69) is 30.3 Å². The van der Waals surface area contributed by atoms with Gasteiger partial charge < -0.3 is 4.90 Å². The van der Waals surface area contributed by atoms with Crippen LogP contribution in [0.4, 0.5) is 0 Å². The van der Waals surface area contributed by atoms with Gasteiger partial charge >= 0.3 is 0 Å².